The largest absolute Gasteiger partial charge is 0.309 e. The van der Waals surface area contributed by atoms with Gasteiger partial charge in [0.2, 0.25) is 0 Å². The summed E-state index contributed by atoms with van der Waals surface area (Å²) in [5.74, 6) is 0. The first-order valence-electron chi connectivity index (χ1n) is 15.8. The Balaban J connectivity index is 1.36. The topological polar surface area (TPSA) is 9.86 Å². The summed E-state index contributed by atoms with van der Waals surface area (Å²) in [6, 6.07) is 53.7. The molecule has 1 aliphatic carbocycles. The van der Waals surface area contributed by atoms with Crippen molar-refractivity contribution in [1.29, 1.82) is 0 Å². The van der Waals surface area contributed by atoms with Gasteiger partial charge in [-0.15, -0.1) is 0 Å². The van der Waals surface area contributed by atoms with Crippen LogP contribution in [-0.2, 0) is 5.41 Å². The summed E-state index contributed by atoms with van der Waals surface area (Å²) >= 11 is 0. The van der Waals surface area contributed by atoms with Gasteiger partial charge >= 0.3 is 0 Å². The van der Waals surface area contributed by atoms with E-state index in [-0.39, 0.29) is 5.41 Å². The molecule has 45 heavy (non-hydrogen) atoms. The molecule has 0 radical (unpaired) electrons. The second-order valence-electron chi connectivity index (χ2n) is 12.9. The first-order valence-corrected chi connectivity index (χ1v) is 15.8. The highest BCUT2D eigenvalue weighted by molar-refractivity contribution is 6.28. The van der Waals surface area contributed by atoms with Gasteiger partial charge in [0.25, 0.3) is 0 Å². The Hall–Kier alpha value is -5.60. The van der Waals surface area contributed by atoms with Gasteiger partial charge in [0.15, 0.2) is 0 Å². The predicted octanol–water partition coefficient (Wildman–Crippen LogP) is 11.3. The maximum atomic E-state index is 2.51. The van der Waals surface area contributed by atoms with E-state index in [0.29, 0.717) is 0 Å². The molecule has 0 spiro atoms. The van der Waals surface area contributed by atoms with Crippen molar-refractivity contribution < 1.29 is 0 Å². The van der Waals surface area contributed by atoms with E-state index >= 15 is 0 Å². The maximum Gasteiger partial charge on any atom is 0.0619 e. The van der Waals surface area contributed by atoms with Gasteiger partial charge in [0.05, 0.1) is 27.8 Å². The van der Waals surface area contributed by atoms with Crippen LogP contribution in [0.2, 0.25) is 0 Å². The Labute approximate surface area is 261 Å². The van der Waals surface area contributed by atoms with Gasteiger partial charge in [0, 0.05) is 43.6 Å². The SMILES string of the molecule is CC1(C)c2ccccc2-c2c(-n3c4ccccc4c4c5ccc6c7ccccc7n(-c7ccccc7)c6c5ccc43)cccc21. The van der Waals surface area contributed by atoms with E-state index in [4.69, 9.17) is 0 Å². The zero-order valence-corrected chi connectivity index (χ0v) is 25.3. The average Bonchev–Trinajstić information content (AvgIpc) is 3.69. The smallest absolute Gasteiger partial charge is 0.0619 e. The third-order valence-electron chi connectivity index (χ3n) is 10.3. The molecule has 2 aromatic heterocycles. The second-order valence-corrected chi connectivity index (χ2v) is 12.9. The van der Waals surface area contributed by atoms with E-state index in [9.17, 15) is 0 Å². The first-order chi connectivity index (χ1) is 22.1. The van der Waals surface area contributed by atoms with Crippen molar-refractivity contribution >= 4 is 54.4 Å². The minimum atomic E-state index is -0.0517. The van der Waals surface area contributed by atoms with E-state index < -0.39 is 0 Å². The zero-order valence-electron chi connectivity index (χ0n) is 25.3. The molecule has 0 saturated heterocycles. The monoisotopic (exact) mass is 574 g/mol. The van der Waals surface area contributed by atoms with E-state index in [0.717, 1.165) is 0 Å². The standard InChI is InChI=1S/C43H30N2/c1-43(2)34-18-9-6-16-32(34)41-35(43)19-12-22-38(41)45-37-21-11-8-17-33(37)40-29-23-24-30-28-15-7-10-20-36(28)44(27-13-4-3-5-14-27)42(30)31(29)25-26-39(40)45/h3-26H,1-2H3. The highest BCUT2D eigenvalue weighted by Crippen LogP contribution is 2.52. The number of hydrogen-bond acceptors (Lipinski definition) is 0. The summed E-state index contributed by atoms with van der Waals surface area (Å²) < 4.78 is 4.96. The van der Waals surface area contributed by atoms with Crippen molar-refractivity contribution in [2.45, 2.75) is 19.3 Å². The number of para-hydroxylation sites is 3. The van der Waals surface area contributed by atoms with Crippen molar-refractivity contribution in [2.24, 2.45) is 0 Å². The fourth-order valence-electron chi connectivity index (χ4n) is 8.36. The summed E-state index contributed by atoms with van der Waals surface area (Å²) in [6.07, 6.45) is 0. The predicted molar refractivity (Wildman–Crippen MR) is 190 cm³/mol. The molecule has 1 aliphatic rings. The Morgan fingerprint density at radius 2 is 1.04 bits per heavy atom. The molecule has 0 N–H and O–H groups in total. The van der Waals surface area contributed by atoms with Gasteiger partial charge in [-0.2, -0.15) is 0 Å². The van der Waals surface area contributed by atoms with Crippen LogP contribution in [0.3, 0.4) is 0 Å². The number of rotatable bonds is 2. The van der Waals surface area contributed by atoms with Crippen LogP contribution < -0.4 is 0 Å². The fourth-order valence-corrected chi connectivity index (χ4v) is 8.36. The summed E-state index contributed by atoms with van der Waals surface area (Å²) in [5, 5.41) is 7.70. The van der Waals surface area contributed by atoms with E-state index in [1.807, 2.05) is 0 Å². The summed E-state index contributed by atoms with van der Waals surface area (Å²) in [5.41, 5.74) is 12.8. The number of benzene rings is 7. The van der Waals surface area contributed by atoms with Crippen LogP contribution in [0.25, 0.3) is 76.9 Å². The minimum Gasteiger partial charge on any atom is -0.309 e. The molecule has 0 amide bonds. The lowest BCUT2D eigenvalue weighted by Gasteiger charge is -2.22. The van der Waals surface area contributed by atoms with Crippen LogP contribution in [0.4, 0.5) is 0 Å². The van der Waals surface area contributed by atoms with Crippen molar-refractivity contribution in [2.75, 3.05) is 0 Å². The van der Waals surface area contributed by atoms with Gasteiger partial charge in [0.1, 0.15) is 0 Å². The highest BCUT2D eigenvalue weighted by atomic mass is 15.0. The molecule has 2 heterocycles. The molecule has 2 heteroatoms. The number of aromatic nitrogens is 2. The molecular weight excluding hydrogens is 544 g/mol. The molecular formula is C43H30N2. The molecule has 212 valence electrons. The summed E-state index contributed by atoms with van der Waals surface area (Å²) in [4.78, 5) is 0. The van der Waals surface area contributed by atoms with E-state index in [1.165, 1.54) is 88.0 Å². The summed E-state index contributed by atoms with van der Waals surface area (Å²) in [7, 11) is 0. The molecule has 9 aromatic rings. The Morgan fingerprint density at radius 1 is 0.422 bits per heavy atom. The Kier molecular flexibility index (Phi) is 4.82. The molecule has 10 rings (SSSR count). The van der Waals surface area contributed by atoms with Gasteiger partial charge in [-0.1, -0.05) is 123 Å². The summed E-state index contributed by atoms with van der Waals surface area (Å²) in [6.45, 7) is 4.72. The third kappa shape index (κ3) is 3.13. The number of hydrogen-bond donors (Lipinski definition) is 0. The van der Waals surface area contributed by atoms with Gasteiger partial charge < -0.3 is 9.13 Å². The first kappa shape index (κ1) is 24.8. The average molecular weight is 575 g/mol. The molecule has 0 atom stereocenters. The van der Waals surface area contributed by atoms with Crippen LogP contribution in [0, 0.1) is 0 Å². The van der Waals surface area contributed by atoms with Crippen molar-refractivity contribution in [3.05, 3.63) is 157 Å². The highest BCUT2D eigenvalue weighted by Gasteiger charge is 2.37. The lowest BCUT2D eigenvalue weighted by Crippen LogP contribution is -2.14. The Bertz CT molecular complexity index is 2670. The minimum absolute atomic E-state index is 0.0517. The molecule has 0 saturated carbocycles. The van der Waals surface area contributed by atoms with Crippen molar-refractivity contribution in [3.63, 3.8) is 0 Å². The molecule has 0 bridgehead atoms. The third-order valence-corrected chi connectivity index (χ3v) is 10.3. The molecule has 2 nitrogen and oxygen atoms in total. The van der Waals surface area contributed by atoms with Crippen LogP contribution in [-0.4, -0.2) is 9.13 Å². The van der Waals surface area contributed by atoms with Crippen LogP contribution >= 0.6 is 0 Å². The second kappa shape index (κ2) is 8.74. The molecule has 0 unspecified atom stereocenters. The Morgan fingerprint density at radius 3 is 1.89 bits per heavy atom. The van der Waals surface area contributed by atoms with E-state index in [2.05, 4.69) is 169 Å². The van der Waals surface area contributed by atoms with E-state index in [1.54, 1.807) is 0 Å². The molecule has 0 fully saturated rings. The maximum absolute atomic E-state index is 2.51. The number of nitrogens with zero attached hydrogens (tertiary/aromatic N) is 2. The lowest BCUT2D eigenvalue weighted by molar-refractivity contribution is 0.660. The quantitative estimate of drug-likeness (QED) is 0.194. The lowest BCUT2D eigenvalue weighted by atomic mass is 9.82. The normalized spacial score (nSPS) is 13.7. The molecule has 0 aliphatic heterocycles. The van der Waals surface area contributed by atoms with Crippen LogP contribution in [0.1, 0.15) is 25.0 Å². The number of fused-ring (bicyclic) bond motifs is 12. The fraction of sp³-hybridized carbons (Fsp3) is 0.0698. The van der Waals surface area contributed by atoms with Crippen molar-refractivity contribution in [1.82, 2.24) is 9.13 Å². The van der Waals surface area contributed by atoms with Crippen LogP contribution in [0.15, 0.2) is 146 Å². The molecule has 7 aromatic carbocycles. The zero-order chi connectivity index (χ0) is 29.9. The van der Waals surface area contributed by atoms with Gasteiger partial charge in [-0.05, 0) is 58.5 Å². The van der Waals surface area contributed by atoms with Gasteiger partial charge in [-0.25, -0.2) is 0 Å². The van der Waals surface area contributed by atoms with Gasteiger partial charge in [-0.3, -0.25) is 0 Å². The van der Waals surface area contributed by atoms with Crippen LogP contribution in [0.5, 0.6) is 0 Å². The van der Waals surface area contributed by atoms with Crippen molar-refractivity contribution in [3.8, 4) is 22.5 Å².